The maximum Gasteiger partial charge on any atom is 0.324 e. The number of nitrogens with zero attached hydrogens (tertiary/aromatic N) is 2. The van der Waals surface area contributed by atoms with Crippen LogP contribution in [0.4, 0.5) is 0 Å². The molecule has 96 valence electrons. The van der Waals surface area contributed by atoms with Crippen molar-refractivity contribution in [3.63, 3.8) is 0 Å². The highest BCUT2D eigenvalue weighted by Gasteiger charge is 2.22. The number of aryl methyl sites for hydroxylation is 1. The summed E-state index contributed by atoms with van der Waals surface area (Å²) >= 11 is 0. The highest BCUT2D eigenvalue weighted by atomic mass is 32.2. The van der Waals surface area contributed by atoms with E-state index in [2.05, 4.69) is 9.51 Å². The Labute approximate surface area is 105 Å². The molecule has 0 unspecified atom stereocenters. The largest absolute Gasteiger partial charge is 0.361 e. The van der Waals surface area contributed by atoms with E-state index >= 15 is 0 Å². The number of nitrogens with one attached hydrogen (secondary N) is 1. The molecule has 0 heterocycles. The number of Topliss-reactive ketones (excluding diaryl/α,β-unsaturated/α-hetero) is 1. The normalized spacial score (nSPS) is 12.6. The zero-order valence-corrected chi connectivity index (χ0v) is 10.8. The van der Waals surface area contributed by atoms with E-state index < -0.39 is 21.8 Å². The van der Waals surface area contributed by atoms with Crippen molar-refractivity contribution in [3.05, 3.63) is 35.4 Å². The quantitative estimate of drug-likeness (QED) is 0.478. The van der Waals surface area contributed by atoms with Gasteiger partial charge >= 0.3 is 6.21 Å². The van der Waals surface area contributed by atoms with Gasteiger partial charge in [0.1, 0.15) is 0 Å². The number of ketones is 1. The Kier molecular flexibility index (Phi) is 4.49. The average molecular weight is 267 g/mol. The van der Waals surface area contributed by atoms with E-state index in [1.807, 2.05) is 6.92 Å². The first kappa shape index (κ1) is 14.2. The lowest BCUT2D eigenvalue weighted by Crippen LogP contribution is -2.39. The molecule has 0 radical (unpaired) electrons. The monoisotopic (exact) mass is 267 g/mol. The van der Waals surface area contributed by atoms with Gasteiger partial charge in [-0.3, -0.25) is 4.79 Å². The second-order valence-corrected chi connectivity index (χ2v) is 5.52. The number of benzene rings is 1. The van der Waals surface area contributed by atoms with Crippen LogP contribution in [-0.4, -0.2) is 31.2 Å². The molecule has 18 heavy (non-hydrogen) atoms. The number of carbonyl (C=O) groups excluding carboxylic acids is 1. The summed E-state index contributed by atoms with van der Waals surface area (Å²) in [7, 11) is -3.75. The molecule has 0 spiro atoms. The lowest BCUT2D eigenvalue weighted by Gasteiger charge is -2.10. The van der Waals surface area contributed by atoms with Gasteiger partial charge in [0.2, 0.25) is 10.0 Å². The third-order valence-corrected chi connectivity index (χ3v) is 3.83. The predicted octanol–water partition coefficient (Wildman–Crippen LogP) is 0.532. The van der Waals surface area contributed by atoms with Gasteiger partial charge < -0.3 is 5.53 Å². The van der Waals surface area contributed by atoms with Crippen LogP contribution in [0.1, 0.15) is 12.5 Å². The zero-order chi connectivity index (χ0) is 13.8. The van der Waals surface area contributed by atoms with Crippen LogP contribution >= 0.6 is 0 Å². The molecular weight excluding hydrogens is 254 g/mol. The summed E-state index contributed by atoms with van der Waals surface area (Å²) in [4.78, 5) is 13.9. The average Bonchev–Trinajstić information content (AvgIpc) is 2.29. The van der Waals surface area contributed by atoms with Gasteiger partial charge in [0.05, 0.1) is 10.9 Å². The lowest BCUT2D eigenvalue weighted by atomic mass is 10.2. The van der Waals surface area contributed by atoms with Crippen molar-refractivity contribution in [2.45, 2.75) is 24.8 Å². The maximum atomic E-state index is 11.9. The topological polar surface area (TPSA) is 99.6 Å². The summed E-state index contributed by atoms with van der Waals surface area (Å²) in [6, 6.07) is 5.24. The van der Waals surface area contributed by atoms with Gasteiger partial charge in [-0.15, -0.1) is 0 Å². The Balaban J connectivity index is 2.92. The number of rotatable bonds is 5. The minimum atomic E-state index is -3.75. The molecule has 0 bridgehead atoms. The fourth-order valence-corrected chi connectivity index (χ4v) is 2.46. The van der Waals surface area contributed by atoms with Crippen molar-refractivity contribution in [1.29, 1.82) is 0 Å². The molecule has 1 aromatic rings. The molecule has 1 N–H and O–H groups in total. The third-order valence-electron chi connectivity index (χ3n) is 2.27. The van der Waals surface area contributed by atoms with Gasteiger partial charge in [0.25, 0.3) is 5.78 Å². The molecule has 0 aliphatic carbocycles. The van der Waals surface area contributed by atoms with E-state index in [9.17, 15) is 13.2 Å². The molecule has 0 fully saturated rings. The first-order valence-electron chi connectivity index (χ1n) is 5.17. The number of hydrogen-bond acceptors (Lipinski definition) is 3. The lowest BCUT2D eigenvalue weighted by molar-refractivity contribution is -0.117. The van der Waals surface area contributed by atoms with E-state index in [0.717, 1.165) is 5.56 Å². The van der Waals surface area contributed by atoms with Crippen LogP contribution in [0.5, 0.6) is 0 Å². The Bertz CT molecular complexity index is 586. The highest BCUT2D eigenvalue weighted by Crippen LogP contribution is 2.10. The van der Waals surface area contributed by atoms with Gasteiger partial charge in [0.15, 0.2) is 0 Å². The molecule has 1 rings (SSSR count). The maximum absolute atomic E-state index is 11.9. The van der Waals surface area contributed by atoms with Gasteiger partial charge in [-0.1, -0.05) is 17.7 Å². The fraction of sp³-hybridized carbons (Fsp3) is 0.273. The molecule has 1 atom stereocenters. The Hall–Kier alpha value is -1.82. The minimum Gasteiger partial charge on any atom is -0.361 e. The summed E-state index contributed by atoms with van der Waals surface area (Å²) < 4.78 is 26.0. The van der Waals surface area contributed by atoms with Crippen molar-refractivity contribution in [2.24, 2.45) is 0 Å². The second kappa shape index (κ2) is 5.68. The predicted molar refractivity (Wildman–Crippen MR) is 65.7 cm³/mol. The molecule has 0 saturated heterocycles. The Morgan fingerprint density at radius 3 is 2.44 bits per heavy atom. The molecule has 7 heteroatoms. The zero-order valence-electron chi connectivity index (χ0n) is 9.99. The first-order valence-corrected chi connectivity index (χ1v) is 6.65. The van der Waals surface area contributed by atoms with Crippen LogP contribution in [0.15, 0.2) is 29.2 Å². The second-order valence-electron chi connectivity index (χ2n) is 3.80. The van der Waals surface area contributed by atoms with E-state index in [1.54, 1.807) is 12.1 Å². The van der Waals surface area contributed by atoms with Crippen molar-refractivity contribution in [3.8, 4) is 0 Å². The van der Waals surface area contributed by atoms with Gasteiger partial charge in [0, 0.05) is 0 Å². The molecule has 0 saturated carbocycles. The fourth-order valence-electron chi connectivity index (χ4n) is 1.24. The van der Waals surface area contributed by atoms with E-state index in [0.29, 0.717) is 6.21 Å². The smallest absolute Gasteiger partial charge is 0.324 e. The molecule has 1 aromatic carbocycles. The van der Waals surface area contributed by atoms with Crippen molar-refractivity contribution in [1.82, 2.24) is 4.72 Å². The van der Waals surface area contributed by atoms with Gasteiger partial charge in [-0.05, 0) is 26.0 Å². The van der Waals surface area contributed by atoms with Crippen molar-refractivity contribution in [2.75, 3.05) is 0 Å². The summed E-state index contributed by atoms with van der Waals surface area (Å²) in [5, 5.41) is 0. The van der Waals surface area contributed by atoms with Crippen LogP contribution in [0.2, 0.25) is 0 Å². The van der Waals surface area contributed by atoms with Crippen molar-refractivity contribution >= 4 is 22.0 Å². The molecule has 0 aliphatic rings. The Morgan fingerprint density at radius 2 is 1.94 bits per heavy atom. The number of sulfonamides is 1. The standard InChI is InChI=1S/C11H13N3O3S/c1-8-3-5-10(6-4-8)18(16,17)14-9(2)11(15)7-13-12/h3-7,9,14H,1-2H3/t9-/m0/s1. The van der Waals surface area contributed by atoms with Crippen molar-refractivity contribution < 1.29 is 18.0 Å². The molecule has 6 nitrogen and oxygen atoms in total. The Morgan fingerprint density at radius 1 is 1.39 bits per heavy atom. The molecule has 0 amide bonds. The van der Waals surface area contributed by atoms with Crippen LogP contribution in [-0.2, 0) is 14.8 Å². The van der Waals surface area contributed by atoms with Crippen LogP contribution in [0.25, 0.3) is 5.53 Å². The highest BCUT2D eigenvalue weighted by molar-refractivity contribution is 7.89. The van der Waals surface area contributed by atoms with Gasteiger partial charge in [-0.25, -0.2) is 13.1 Å². The molecule has 0 aliphatic heterocycles. The first-order chi connectivity index (χ1) is 8.36. The molecule has 0 aromatic heterocycles. The summed E-state index contributed by atoms with van der Waals surface area (Å²) in [6.07, 6.45) is 0.655. The SMILES string of the molecule is Cc1ccc(S(=O)(=O)N[C@@H](C)C(=O)C=[N+]=[N-])cc1. The van der Waals surface area contributed by atoms with E-state index in [4.69, 9.17) is 5.53 Å². The van der Waals surface area contributed by atoms with Crippen LogP contribution < -0.4 is 4.72 Å². The van der Waals surface area contributed by atoms with E-state index in [1.165, 1.54) is 19.1 Å². The van der Waals surface area contributed by atoms with Crippen LogP contribution in [0.3, 0.4) is 0 Å². The minimum absolute atomic E-state index is 0.0775. The summed E-state index contributed by atoms with van der Waals surface area (Å²) in [5.74, 6) is -0.631. The van der Waals surface area contributed by atoms with Gasteiger partial charge in [-0.2, -0.15) is 4.79 Å². The number of hydrogen-bond donors (Lipinski definition) is 1. The summed E-state index contributed by atoms with van der Waals surface area (Å²) in [5.41, 5.74) is 9.14. The molecular formula is C11H13N3O3S. The number of carbonyl (C=O) groups is 1. The van der Waals surface area contributed by atoms with E-state index in [-0.39, 0.29) is 4.90 Å². The van der Waals surface area contributed by atoms with Crippen LogP contribution in [0, 0.1) is 6.92 Å². The summed E-state index contributed by atoms with van der Waals surface area (Å²) in [6.45, 7) is 3.21. The third kappa shape index (κ3) is 3.59.